The Labute approximate surface area is 193 Å². The first-order valence-corrected chi connectivity index (χ1v) is 11.0. The molecule has 0 fully saturated rings. The first kappa shape index (κ1) is 22.0. The Bertz CT molecular complexity index is 1310. The fourth-order valence-electron chi connectivity index (χ4n) is 3.25. The van der Waals surface area contributed by atoms with Crippen molar-refractivity contribution in [1.82, 2.24) is 14.8 Å². The van der Waals surface area contributed by atoms with Gasteiger partial charge in [-0.05, 0) is 33.1 Å². The van der Waals surface area contributed by atoms with Crippen LogP contribution in [0.15, 0.2) is 53.3 Å². The van der Waals surface area contributed by atoms with Gasteiger partial charge in [0.05, 0.1) is 16.4 Å². The van der Waals surface area contributed by atoms with Crippen molar-refractivity contribution in [3.05, 3.63) is 63.8 Å². The second-order valence-electron chi connectivity index (χ2n) is 6.83. The highest BCUT2D eigenvalue weighted by Crippen LogP contribution is 2.42. The van der Waals surface area contributed by atoms with Crippen molar-refractivity contribution in [1.29, 1.82) is 0 Å². The molecule has 4 aromatic rings. The summed E-state index contributed by atoms with van der Waals surface area (Å²) in [4.78, 5) is 29.0. The van der Waals surface area contributed by atoms with Crippen LogP contribution < -0.4 is 11.1 Å². The van der Waals surface area contributed by atoms with E-state index in [-0.39, 0.29) is 27.7 Å². The molecule has 3 N–H and O–H groups in total. The largest absolute Gasteiger partial charge is 0.365 e. The number of aryl methyl sites for hydroxylation is 1. The zero-order valence-corrected chi connectivity index (χ0v) is 18.8. The maximum atomic E-state index is 13.5. The average Bonchev–Trinajstić information content (AvgIpc) is 3.35. The molecule has 0 aliphatic carbocycles. The molecule has 0 saturated heterocycles. The lowest BCUT2D eigenvalue weighted by molar-refractivity contribution is -0.116. The molecule has 0 radical (unpaired) electrons. The van der Waals surface area contributed by atoms with Gasteiger partial charge in [0, 0.05) is 24.5 Å². The Balaban J connectivity index is 1.78. The predicted octanol–water partition coefficient (Wildman–Crippen LogP) is 4.99. The second kappa shape index (κ2) is 9.13. The quantitative estimate of drug-likeness (QED) is 0.359. The van der Waals surface area contributed by atoms with Crippen LogP contribution in [-0.4, -0.2) is 26.6 Å². The van der Waals surface area contributed by atoms with Gasteiger partial charge in [-0.3, -0.25) is 14.3 Å². The molecule has 0 spiro atoms. The predicted molar refractivity (Wildman–Crippen MR) is 122 cm³/mol. The number of anilines is 1. The van der Waals surface area contributed by atoms with Crippen LogP contribution in [0.4, 0.5) is 14.5 Å². The van der Waals surface area contributed by atoms with Gasteiger partial charge >= 0.3 is 0 Å². The number of hydrogen-bond donors (Lipinski definition) is 2. The molecule has 164 valence electrons. The van der Waals surface area contributed by atoms with E-state index in [1.807, 2.05) is 0 Å². The number of aromatic nitrogens is 3. The minimum Gasteiger partial charge on any atom is -0.365 e. The number of carbonyl (C=O) groups is 2. The monoisotopic (exact) mass is 519 g/mol. The molecule has 0 bridgehead atoms. The highest BCUT2D eigenvalue weighted by Gasteiger charge is 2.24. The third-order valence-corrected chi connectivity index (χ3v) is 6.16. The molecule has 0 saturated carbocycles. The van der Waals surface area contributed by atoms with Gasteiger partial charge in [-0.2, -0.15) is 5.10 Å². The molecule has 4 rings (SSSR count). The molecular weight excluding hydrogens is 504 g/mol. The van der Waals surface area contributed by atoms with E-state index in [9.17, 15) is 18.4 Å². The van der Waals surface area contributed by atoms with Crippen LogP contribution >= 0.6 is 27.3 Å². The Hall–Kier alpha value is -3.18. The van der Waals surface area contributed by atoms with Gasteiger partial charge < -0.3 is 11.1 Å². The molecular formula is C21H16BrF2N5O2S. The van der Waals surface area contributed by atoms with E-state index in [2.05, 4.69) is 31.3 Å². The van der Waals surface area contributed by atoms with Crippen LogP contribution in [0.3, 0.4) is 0 Å². The smallest absolute Gasteiger partial charge is 0.280 e. The van der Waals surface area contributed by atoms with Gasteiger partial charge in [0.25, 0.3) is 12.3 Å². The second-order valence-corrected chi connectivity index (χ2v) is 8.75. The lowest BCUT2D eigenvalue weighted by atomic mass is 10.0. The fourth-order valence-corrected chi connectivity index (χ4v) is 4.59. The number of nitrogens with one attached hydrogen (secondary N) is 1. The minimum absolute atomic E-state index is 0.0475. The topological polar surface area (TPSA) is 103 Å². The van der Waals surface area contributed by atoms with Crippen molar-refractivity contribution in [3.63, 3.8) is 0 Å². The maximum absolute atomic E-state index is 13.5. The third kappa shape index (κ3) is 4.53. The molecule has 0 unspecified atom stereocenters. The summed E-state index contributed by atoms with van der Waals surface area (Å²) in [5.41, 5.74) is 6.37. The van der Waals surface area contributed by atoms with E-state index in [1.165, 1.54) is 6.07 Å². The van der Waals surface area contributed by atoms with Crippen molar-refractivity contribution in [2.45, 2.75) is 19.4 Å². The van der Waals surface area contributed by atoms with Crippen molar-refractivity contribution in [2.24, 2.45) is 5.73 Å². The number of nitrogens with two attached hydrogens (primary N) is 1. The number of rotatable bonds is 7. The molecule has 0 atom stereocenters. The van der Waals surface area contributed by atoms with E-state index in [0.29, 0.717) is 23.1 Å². The molecule has 0 aliphatic heterocycles. The lowest BCUT2D eigenvalue weighted by Crippen LogP contribution is -2.18. The van der Waals surface area contributed by atoms with Crippen LogP contribution in [0.25, 0.3) is 21.3 Å². The number of pyridine rings is 1. The standard InChI is InChI=1S/C21H16BrF2N5O2S/c22-12-9-26-29(10-12)7-6-15(30)28-17-16-13(11-4-2-1-3-5-11)8-14(19(23)24)27-21(16)32-18(17)20(25)31/h1-5,8-10,19H,6-7H2,(H2,25,31)(H,28,30). The maximum Gasteiger partial charge on any atom is 0.280 e. The number of halogens is 3. The Morgan fingerprint density at radius 1 is 1.25 bits per heavy atom. The number of amides is 2. The van der Waals surface area contributed by atoms with E-state index in [1.54, 1.807) is 47.4 Å². The summed E-state index contributed by atoms with van der Waals surface area (Å²) in [7, 11) is 0. The van der Waals surface area contributed by atoms with Crippen LogP contribution in [0.1, 0.15) is 28.2 Å². The highest BCUT2D eigenvalue weighted by atomic mass is 79.9. The SMILES string of the molecule is NC(=O)c1sc2nc(C(F)F)cc(-c3ccccc3)c2c1NC(=O)CCn1cc(Br)cn1. The Morgan fingerprint density at radius 2 is 2.00 bits per heavy atom. The van der Waals surface area contributed by atoms with Crippen molar-refractivity contribution >= 4 is 55.0 Å². The Kier molecular flexibility index (Phi) is 6.28. The summed E-state index contributed by atoms with van der Waals surface area (Å²) in [6.07, 6.45) is 0.610. The lowest BCUT2D eigenvalue weighted by Gasteiger charge is -2.11. The highest BCUT2D eigenvalue weighted by molar-refractivity contribution is 9.10. The summed E-state index contributed by atoms with van der Waals surface area (Å²) >= 11 is 4.17. The summed E-state index contributed by atoms with van der Waals surface area (Å²) in [6.45, 7) is 0.310. The zero-order valence-electron chi connectivity index (χ0n) is 16.4. The number of nitrogens with zero attached hydrogens (tertiary/aromatic N) is 3. The normalized spacial score (nSPS) is 11.2. The van der Waals surface area contributed by atoms with Crippen LogP contribution in [0.5, 0.6) is 0 Å². The number of thiophene rings is 1. The van der Waals surface area contributed by atoms with Gasteiger partial charge in [0.1, 0.15) is 15.4 Å². The van der Waals surface area contributed by atoms with Gasteiger partial charge in [0.15, 0.2) is 0 Å². The van der Waals surface area contributed by atoms with Gasteiger partial charge in [0.2, 0.25) is 5.91 Å². The van der Waals surface area contributed by atoms with E-state index in [4.69, 9.17) is 5.73 Å². The molecule has 7 nitrogen and oxygen atoms in total. The summed E-state index contributed by atoms with van der Waals surface area (Å²) in [5.74, 6) is -1.16. The number of primary amides is 1. The van der Waals surface area contributed by atoms with Crippen LogP contribution in [-0.2, 0) is 11.3 Å². The number of alkyl halides is 2. The number of hydrogen-bond acceptors (Lipinski definition) is 5. The zero-order chi connectivity index (χ0) is 22.8. The number of fused-ring (bicyclic) bond motifs is 1. The molecule has 3 heterocycles. The molecule has 11 heteroatoms. The molecule has 0 aliphatic rings. The molecule has 2 amide bonds. The van der Waals surface area contributed by atoms with Crippen molar-refractivity contribution in [2.75, 3.05) is 5.32 Å². The van der Waals surface area contributed by atoms with Crippen molar-refractivity contribution in [3.8, 4) is 11.1 Å². The Morgan fingerprint density at radius 3 is 2.62 bits per heavy atom. The molecule has 1 aromatic carbocycles. The fraction of sp³-hybridized carbons (Fsp3) is 0.143. The summed E-state index contributed by atoms with van der Waals surface area (Å²) in [5, 5.41) is 7.24. The first-order valence-electron chi connectivity index (χ1n) is 9.42. The first-order chi connectivity index (χ1) is 15.3. The average molecular weight is 520 g/mol. The minimum atomic E-state index is -2.80. The van der Waals surface area contributed by atoms with Gasteiger partial charge in [-0.1, -0.05) is 30.3 Å². The van der Waals surface area contributed by atoms with E-state index >= 15 is 0 Å². The molecule has 32 heavy (non-hydrogen) atoms. The summed E-state index contributed by atoms with van der Waals surface area (Å²) in [6, 6.07) is 10.1. The van der Waals surface area contributed by atoms with Gasteiger partial charge in [-0.15, -0.1) is 11.3 Å². The van der Waals surface area contributed by atoms with Gasteiger partial charge in [-0.25, -0.2) is 13.8 Å². The number of benzene rings is 1. The molecule has 3 aromatic heterocycles. The number of carbonyl (C=O) groups excluding carboxylic acids is 2. The van der Waals surface area contributed by atoms with Crippen LogP contribution in [0.2, 0.25) is 0 Å². The van der Waals surface area contributed by atoms with Crippen LogP contribution in [0, 0.1) is 0 Å². The van der Waals surface area contributed by atoms with Crippen molar-refractivity contribution < 1.29 is 18.4 Å². The van der Waals surface area contributed by atoms with E-state index < -0.39 is 18.0 Å². The third-order valence-electron chi connectivity index (χ3n) is 4.65. The van der Waals surface area contributed by atoms with E-state index in [0.717, 1.165) is 15.8 Å². The summed E-state index contributed by atoms with van der Waals surface area (Å²) < 4.78 is 29.4.